The van der Waals surface area contributed by atoms with Crippen LogP contribution in [0.1, 0.15) is 31.2 Å². The fraction of sp³-hybridized carbons (Fsp3) is 0.684. The molecule has 1 amide bonds. The van der Waals surface area contributed by atoms with Crippen LogP contribution in [0, 0.1) is 11.3 Å². The Balaban J connectivity index is 1.52. The molecule has 0 saturated carbocycles. The second-order valence-corrected chi connectivity index (χ2v) is 7.59. The first-order valence-electron chi connectivity index (χ1n) is 9.25. The quantitative estimate of drug-likeness (QED) is 0.850. The van der Waals surface area contributed by atoms with E-state index in [1.807, 2.05) is 18.5 Å². The highest BCUT2D eigenvalue weighted by atomic mass is 16.5. The molecule has 3 aliphatic heterocycles. The van der Waals surface area contributed by atoms with Crippen LogP contribution in [0.25, 0.3) is 0 Å². The molecule has 3 saturated heterocycles. The third-order valence-corrected chi connectivity index (χ3v) is 6.05. The van der Waals surface area contributed by atoms with Crippen molar-refractivity contribution in [2.75, 3.05) is 39.4 Å². The van der Waals surface area contributed by atoms with Gasteiger partial charge in [-0.2, -0.15) is 0 Å². The number of pyridine rings is 1. The van der Waals surface area contributed by atoms with Gasteiger partial charge in [0.25, 0.3) is 0 Å². The SMILES string of the molecule is O=C(C1CN(Cc2cccnc2)CC12CCOCC2)N1CCCC1. The predicted octanol–water partition coefficient (Wildman–Crippen LogP) is 1.93. The second-order valence-electron chi connectivity index (χ2n) is 7.59. The topological polar surface area (TPSA) is 45.7 Å². The third kappa shape index (κ3) is 3.07. The molecule has 24 heavy (non-hydrogen) atoms. The normalized spacial score (nSPS) is 27.0. The Morgan fingerprint density at radius 3 is 2.79 bits per heavy atom. The fourth-order valence-corrected chi connectivity index (χ4v) is 4.72. The van der Waals surface area contributed by atoms with Crippen LogP contribution in [-0.2, 0) is 16.1 Å². The van der Waals surface area contributed by atoms with Gasteiger partial charge in [-0.3, -0.25) is 14.7 Å². The van der Waals surface area contributed by atoms with Gasteiger partial charge in [-0.05, 0) is 37.3 Å². The van der Waals surface area contributed by atoms with Gasteiger partial charge in [-0.25, -0.2) is 0 Å². The molecule has 1 aromatic heterocycles. The van der Waals surface area contributed by atoms with E-state index in [-0.39, 0.29) is 11.3 Å². The molecule has 0 N–H and O–H groups in total. The second kappa shape index (κ2) is 6.81. The van der Waals surface area contributed by atoms with Crippen molar-refractivity contribution in [3.8, 4) is 0 Å². The average Bonchev–Trinajstić information content (AvgIpc) is 3.25. The summed E-state index contributed by atoms with van der Waals surface area (Å²) in [6, 6.07) is 4.11. The molecular formula is C19H27N3O2. The summed E-state index contributed by atoms with van der Waals surface area (Å²) in [6.07, 6.45) is 8.10. The molecule has 5 nitrogen and oxygen atoms in total. The van der Waals surface area contributed by atoms with E-state index >= 15 is 0 Å². The number of nitrogens with zero attached hydrogens (tertiary/aromatic N) is 3. The first-order valence-corrected chi connectivity index (χ1v) is 9.25. The minimum atomic E-state index is 0.111. The van der Waals surface area contributed by atoms with Gasteiger partial charge in [0.15, 0.2) is 0 Å². The van der Waals surface area contributed by atoms with E-state index in [2.05, 4.69) is 20.9 Å². The zero-order chi connectivity index (χ0) is 16.4. The zero-order valence-electron chi connectivity index (χ0n) is 14.3. The predicted molar refractivity (Wildman–Crippen MR) is 91.3 cm³/mol. The Kier molecular flexibility index (Phi) is 4.55. The van der Waals surface area contributed by atoms with Crippen molar-refractivity contribution in [3.63, 3.8) is 0 Å². The lowest BCUT2D eigenvalue weighted by molar-refractivity contribution is -0.139. The molecule has 0 bridgehead atoms. The van der Waals surface area contributed by atoms with Crippen molar-refractivity contribution < 1.29 is 9.53 Å². The van der Waals surface area contributed by atoms with Crippen molar-refractivity contribution >= 4 is 5.91 Å². The molecule has 4 rings (SSSR count). The average molecular weight is 329 g/mol. The van der Waals surface area contributed by atoms with E-state index in [9.17, 15) is 4.79 Å². The molecule has 1 spiro atoms. The van der Waals surface area contributed by atoms with Gasteiger partial charge in [-0.1, -0.05) is 6.07 Å². The highest BCUT2D eigenvalue weighted by Crippen LogP contribution is 2.45. The number of carbonyl (C=O) groups excluding carboxylic acids is 1. The van der Waals surface area contributed by atoms with Crippen LogP contribution < -0.4 is 0 Å². The van der Waals surface area contributed by atoms with Crippen LogP contribution in [-0.4, -0.2) is 60.1 Å². The van der Waals surface area contributed by atoms with Crippen LogP contribution in [0.5, 0.6) is 0 Å². The van der Waals surface area contributed by atoms with Crippen LogP contribution in [0.3, 0.4) is 0 Å². The van der Waals surface area contributed by atoms with E-state index in [1.165, 1.54) is 5.56 Å². The Bertz CT molecular complexity index is 565. The summed E-state index contributed by atoms with van der Waals surface area (Å²) in [4.78, 5) is 22.0. The molecule has 3 aliphatic rings. The molecule has 130 valence electrons. The van der Waals surface area contributed by atoms with Crippen molar-refractivity contribution in [3.05, 3.63) is 30.1 Å². The molecule has 0 aliphatic carbocycles. The summed E-state index contributed by atoms with van der Waals surface area (Å²) < 4.78 is 5.61. The maximum atomic E-state index is 13.2. The number of carbonyl (C=O) groups is 1. The lowest BCUT2D eigenvalue weighted by Gasteiger charge is -2.38. The van der Waals surface area contributed by atoms with Crippen LogP contribution in [0.4, 0.5) is 0 Å². The molecule has 1 unspecified atom stereocenters. The molecular weight excluding hydrogens is 302 g/mol. The maximum absolute atomic E-state index is 13.2. The van der Waals surface area contributed by atoms with Gasteiger partial charge in [0.2, 0.25) is 5.91 Å². The summed E-state index contributed by atoms with van der Waals surface area (Å²) in [6.45, 7) is 6.27. The number of amides is 1. The highest BCUT2D eigenvalue weighted by molar-refractivity contribution is 5.80. The van der Waals surface area contributed by atoms with Crippen molar-refractivity contribution in [2.24, 2.45) is 11.3 Å². The molecule has 5 heteroatoms. The van der Waals surface area contributed by atoms with Crippen molar-refractivity contribution in [1.82, 2.24) is 14.8 Å². The third-order valence-electron chi connectivity index (χ3n) is 6.05. The Morgan fingerprint density at radius 1 is 1.29 bits per heavy atom. The van der Waals surface area contributed by atoms with Gasteiger partial charge in [0.1, 0.15) is 0 Å². The smallest absolute Gasteiger partial charge is 0.227 e. The standard InChI is InChI=1S/C19H27N3O2/c23-18(22-8-1-2-9-22)17-14-21(13-16-4-3-7-20-12-16)15-19(17)5-10-24-11-6-19/h3-4,7,12,17H,1-2,5-6,8-11,13-15H2. The van der Waals surface area contributed by atoms with Gasteiger partial charge in [0, 0.05) is 63.7 Å². The Morgan fingerprint density at radius 2 is 2.08 bits per heavy atom. The largest absolute Gasteiger partial charge is 0.381 e. The van der Waals surface area contributed by atoms with Crippen molar-refractivity contribution in [1.29, 1.82) is 0 Å². The van der Waals surface area contributed by atoms with E-state index in [0.717, 1.165) is 71.6 Å². The van der Waals surface area contributed by atoms with Gasteiger partial charge in [-0.15, -0.1) is 0 Å². The number of hydrogen-bond donors (Lipinski definition) is 0. The molecule has 0 aromatic carbocycles. The Hall–Kier alpha value is -1.46. The highest BCUT2D eigenvalue weighted by Gasteiger charge is 2.51. The summed E-state index contributed by atoms with van der Waals surface area (Å²) in [7, 11) is 0. The molecule has 4 heterocycles. The molecule has 1 atom stereocenters. The molecule has 1 aromatic rings. The van der Waals surface area contributed by atoms with Crippen LogP contribution in [0.2, 0.25) is 0 Å². The Labute approximate surface area is 144 Å². The lowest BCUT2D eigenvalue weighted by atomic mass is 9.71. The monoisotopic (exact) mass is 329 g/mol. The summed E-state index contributed by atoms with van der Waals surface area (Å²) in [5.74, 6) is 0.527. The minimum absolute atomic E-state index is 0.111. The minimum Gasteiger partial charge on any atom is -0.381 e. The lowest BCUT2D eigenvalue weighted by Crippen LogP contribution is -2.45. The molecule has 0 radical (unpaired) electrons. The van der Waals surface area contributed by atoms with E-state index in [0.29, 0.717) is 5.91 Å². The fourth-order valence-electron chi connectivity index (χ4n) is 4.72. The first-order chi connectivity index (χ1) is 11.8. The maximum Gasteiger partial charge on any atom is 0.227 e. The summed E-state index contributed by atoms with van der Waals surface area (Å²) >= 11 is 0. The van der Waals surface area contributed by atoms with E-state index < -0.39 is 0 Å². The van der Waals surface area contributed by atoms with Crippen LogP contribution in [0.15, 0.2) is 24.5 Å². The van der Waals surface area contributed by atoms with E-state index in [4.69, 9.17) is 4.74 Å². The molecule has 3 fully saturated rings. The van der Waals surface area contributed by atoms with Gasteiger partial charge in [0.05, 0.1) is 5.92 Å². The van der Waals surface area contributed by atoms with Crippen molar-refractivity contribution in [2.45, 2.75) is 32.2 Å². The van der Waals surface area contributed by atoms with Crippen LogP contribution >= 0.6 is 0 Å². The number of hydrogen-bond acceptors (Lipinski definition) is 4. The van der Waals surface area contributed by atoms with E-state index in [1.54, 1.807) is 0 Å². The number of aromatic nitrogens is 1. The summed E-state index contributed by atoms with van der Waals surface area (Å²) in [5.41, 5.74) is 1.34. The number of rotatable bonds is 3. The zero-order valence-corrected chi connectivity index (χ0v) is 14.3. The number of ether oxygens (including phenoxy) is 1. The first kappa shape index (κ1) is 16.0. The summed E-state index contributed by atoms with van der Waals surface area (Å²) in [5, 5.41) is 0. The van der Waals surface area contributed by atoms with Gasteiger partial charge < -0.3 is 9.64 Å². The number of likely N-dealkylation sites (tertiary alicyclic amines) is 2. The van der Waals surface area contributed by atoms with Gasteiger partial charge >= 0.3 is 0 Å².